The molecule has 4 nitrogen and oxygen atoms in total. The van der Waals surface area contributed by atoms with Gasteiger partial charge in [0.15, 0.2) is 5.82 Å². The van der Waals surface area contributed by atoms with Gasteiger partial charge in [0.2, 0.25) is 5.28 Å². The van der Waals surface area contributed by atoms with Crippen molar-refractivity contribution in [1.29, 1.82) is 0 Å². The molecule has 0 aliphatic carbocycles. The molecule has 1 rings (SSSR count). The first-order chi connectivity index (χ1) is 5.77. The Labute approximate surface area is 76.1 Å². The van der Waals surface area contributed by atoms with Gasteiger partial charge in [-0.05, 0) is 18.5 Å². The lowest BCUT2D eigenvalue weighted by Crippen LogP contribution is -2.21. The van der Waals surface area contributed by atoms with E-state index in [0.29, 0.717) is 12.4 Å². The maximum absolute atomic E-state index is 5.60. The zero-order chi connectivity index (χ0) is 8.97. The minimum absolute atomic E-state index is 0.225. The third-order valence-corrected chi connectivity index (χ3v) is 1.56. The Balaban J connectivity index is 2.85. The van der Waals surface area contributed by atoms with Gasteiger partial charge in [0, 0.05) is 18.8 Å². The second-order valence-electron chi connectivity index (χ2n) is 2.06. The van der Waals surface area contributed by atoms with Gasteiger partial charge in [0.05, 0.1) is 7.11 Å². The van der Waals surface area contributed by atoms with Crippen LogP contribution in [0.5, 0.6) is 0 Å². The first-order valence-corrected chi connectivity index (χ1v) is 3.96. The highest BCUT2D eigenvalue weighted by molar-refractivity contribution is 6.28. The molecule has 0 radical (unpaired) electrons. The van der Waals surface area contributed by atoms with E-state index in [1.54, 1.807) is 24.4 Å². The van der Waals surface area contributed by atoms with Crippen molar-refractivity contribution in [2.24, 2.45) is 0 Å². The highest BCUT2D eigenvalue weighted by atomic mass is 35.5. The van der Waals surface area contributed by atoms with Crippen LogP contribution in [0.3, 0.4) is 0 Å². The van der Waals surface area contributed by atoms with E-state index in [-0.39, 0.29) is 5.28 Å². The summed E-state index contributed by atoms with van der Waals surface area (Å²) in [6.45, 7) is 2.67. The van der Waals surface area contributed by atoms with E-state index < -0.39 is 0 Å². The second-order valence-corrected chi connectivity index (χ2v) is 2.40. The molecule has 0 fully saturated rings. The monoisotopic (exact) mass is 187 g/mol. The van der Waals surface area contributed by atoms with Crippen molar-refractivity contribution in [3.8, 4) is 0 Å². The topological polar surface area (TPSA) is 38.2 Å². The van der Waals surface area contributed by atoms with Gasteiger partial charge in [0.25, 0.3) is 0 Å². The largest absolute Gasteiger partial charge is 0.275 e. The highest BCUT2D eigenvalue weighted by Gasteiger charge is 2.04. The molecule has 0 saturated carbocycles. The predicted octanol–water partition coefficient (Wildman–Crippen LogP) is 1.52. The zero-order valence-corrected chi connectivity index (χ0v) is 7.75. The highest BCUT2D eigenvalue weighted by Crippen LogP contribution is 2.11. The Morgan fingerprint density at radius 1 is 1.67 bits per heavy atom. The van der Waals surface area contributed by atoms with Crippen molar-refractivity contribution in [2.45, 2.75) is 6.92 Å². The van der Waals surface area contributed by atoms with Crippen LogP contribution in [0.1, 0.15) is 6.92 Å². The molecule has 0 aromatic carbocycles. The number of anilines is 1. The summed E-state index contributed by atoms with van der Waals surface area (Å²) < 4.78 is 0. The van der Waals surface area contributed by atoms with Gasteiger partial charge in [-0.15, -0.1) is 0 Å². The van der Waals surface area contributed by atoms with E-state index in [1.807, 2.05) is 6.92 Å². The van der Waals surface area contributed by atoms with Crippen LogP contribution >= 0.6 is 11.6 Å². The number of rotatable bonds is 3. The van der Waals surface area contributed by atoms with Gasteiger partial charge in [-0.1, -0.05) is 0 Å². The molecule has 0 bridgehead atoms. The minimum Gasteiger partial charge on any atom is -0.275 e. The molecule has 0 amide bonds. The Kier molecular flexibility index (Phi) is 3.25. The normalized spacial score (nSPS) is 9.92. The van der Waals surface area contributed by atoms with Crippen LogP contribution in [0.4, 0.5) is 5.82 Å². The lowest BCUT2D eigenvalue weighted by molar-refractivity contribution is 0.168. The number of nitrogens with zero attached hydrogens (tertiary/aromatic N) is 3. The molecule has 1 aromatic rings. The van der Waals surface area contributed by atoms with Crippen molar-refractivity contribution in [2.75, 3.05) is 18.7 Å². The van der Waals surface area contributed by atoms with Crippen LogP contribution < -0.4 is 5.06 Å². The summed E-state index contributed by atoms with van der Waals surface area (Å²) in [6, 6.07) is 1.74. The fraction of sp³-hybridized carbons (Fsp3) is 0.429. The van der Waals surface area contributed by atoms with E-state index in [4.69, 9.17) is 16.4 Å². The molecule has 0 atom stereocenters. The molecule has 66 valence electrons. The first-order valence-electron chi connectivity index (χ1n) is 3.58. The number of halogens is 1. The number of hydrogen-bond acceptors (Lipinski definition) is 4. The Bertz CT molecular complexity index is 252. The van der Waals surface area contributed by atoms with Crippen LogP contribution in [0.2, 0.25) is 5.28 Å². The summed E-state index contributed by atoms with van der Waals surface area (Å²) in [5.74, 6) is 0.667. The van der Waals surface area contributed by atoms with E-state index >= 15 is 0 Å². The summed E-state index contributed by atoms with van der Waals surface area (Å²) in [6.07, 6.45) is 1.59. The van der Waals surface area contributed by atoms with Crippen molar-refractivity contribution in [3.63, 3.8) is 0 Å². The molecular weight excluding hydrogens is 178 g/mol. The predicted molar refractivity (Wildman–Crippen MR) is 47.1 cm³/mol. The lowest BCUT2D eigenvalue weighted by Gasteiger charge is -2.17. The Morgan fingerprint density at radius 3 is 2.92 bits per heavy atom. The van der Waals surface area contributed by atoms with Gasteiger partial charge in [-0.2, -0.15) is 4.98 Å². The summed E-state index contributed by atoms with van der Waals surface area (Å²) >= 11 is 5.60. The molecular formula is C7H10ClN3O. The summed E-state index contributed by atoms with van der Waals surface area (Å²) in [4.78, 5) is 12.8. The Morgan fingerprint density at radius 2 is 2.42 bits per heavy atom. The molecule has 0 aliphatic rings. The van der Waals surface area contributed by atoms with Gasteiger partial charge >= 0.3 is 0 Å². The van der Waals surface area contributed by atoms with Crippen molar-refractivity contribution in [1.82, 2.24) is 9.97 Å². The third kappa shape index (κ3) is 2.06. The van der Waals surface area contributed by atoms with Crippen LogP contribution in [0.15, 0.2) is 12.3 Å². The van der Waals surface area contributed by atoms with Gasteiger partial charge < -0.3 is 0 Å². The van der Waals surface area contributed by atoms with Crippen molar-refractivity contribution in [3.05, 3.63) is 17.5 Å². The summed E-state index contributed by atoms with van der Waals surface area (Å²) in [5, 5.41) is 1.84. The van der Waals surface area contributed by atoms with Crippen molar-refractivity contribution < 1.29 is 4.84 Å². The minimum atomic E-state index is 0.225. The van der Waals surface area contributed by atoms with E-state index in [0.717, 1.165) is 0 Å². The number of hydrogen-bond donors (Lipinski definition) is 0. The SMILES string of the molecule is CCN(OC)c1ccnc(Cl)n1. The van der Waals surface area contributed by atoms with E-state index in [9.17, 15) is 0 Å². The molecule has 1 aromatic heterocycles. The van der Waals surface area contributed by atoms with Crippen LogP contribution in [0, 0.1) is 0 Å². The Hall–Kier alpha value is -0.870. The zero-order valence-electron chi connectivity index (χ0n) is 6.99. The lowest BCUT2D eigenvalue weighted by atomic mass is 10.5. The second kappa shape index (κ2) is 4.23. The fourth-order valence-corrected chi connectivity index (χ4v) is 0.993. The summed E-state index contributed by atoms with van der Waals surface area (Å²) in [5.41, 5.74) is 0. The van der Waals surface area contributed by atoms with E-state index in [1.165, 1.54) is 0 Å². The van der Waals surface area contributed by atoms with Crippen LogP contribution in [-0.4, -0.2) is 23.6 Å². The third-order valence-electron chi connectivity index (χ3n) is 1.37. The van der Waals surface area contributed by atoms with E-state index in [2.05, 4.69) is 9.97 Å². The molecule has 5 heteroatoms. The molecule has 12 heavy (non-hydrogen) atoms. The van der Waals surface area contributed by atoms with Crippen LogP contribution in [0.25, 0.3) is 0 Å². The van der Waals surface area contributed by atoms with Crippen molar-refractivity contribution >= 4 is 17.4 Å². The number of hydroxylamine groups is 1. The number of aromatic nitrogens is 2. The van der Waals surface area contributed by atoms with Gasteiger partial charge in [-0.3, -0.25) is 4.84 Å². The van der Waals surface area contributed by atoms with Gasteiger partial charge in [0.1, 0.15) is 0 Å². The summed E-state index contributed by atoms with van der Waals surface area (Å²) in [7, 11) is 1.58. The van der Waals surface area contributed by atoms with Gasteiger partial charge in [-0.25, -0.2) is 10.0 Å². The average Bonchev–Trinajstić information content (AvgIpc) is 2.07. The van der Waals surface area contributed by atoms with Crippen LogP contribution in [-0.2, 0) is 4.84 Å². The molecule has 0 unspecified atom stereocenters. The quantitative estimate of drug-likeness (QED) is 0.531. The smallest absolute Gasteiger partial charge is 0.224 e. The average molecular weight is 188 g/mol. The molecule has 0 spiro atoms. The molecule has 0 N–H and O–H groups in total. The maximum Gasteiger partial charge on any atom is 0.224 e. The fourth-order valence-electron chi connectivity index (χ4n) is 0.850. The molecule has 1 heterocycles. The standard InChI is InChI=1S/C7H10ClN3O/c1-3-11(12-2)6-4-5-9-7(8)10-6/h4-5H,3H2,1-2H3. The molecule has 0 aliphatic heterocycles. The molecule has 0 saturated heterocycles. The first kappa shape index (κ1) is 9.22. The maximum atomic E-state index is 5.60.